The molecule has 2 aliphatic rings. The molecule has 0 spiro atoms. The first-order valence-corrected chi connectivity index (χ1v) is 12.1. The molecule has 0 aliphatic carbocycles. The maximum Gasteiger partial charge on any atom is 0.321 e. The third kappa shape index (κ3) is 4.93. The van der Waals surface area contributed by atoms with E-state index in [0.717, 1.165) is 31.1 Å². The Hall–Kier alpha value is -2.81. The minimum Gasteiger partial charge on any atom is -0.383 e. The quantitative estimate of drug-likeness (QED) is 0.600. The van der Waals surface area contributed by atoms with Crippen molar-refractivity contribution in [2.45, 2.75) is 38.0 Å². The largest absolute Gasteiger partial charge is 0.383 e. The van der Waals surface area contributed by atoms with E-state index in [0.29, 0.717) is 37.3 Å². The molecule has 0 saturated carbocycles. The summed E-state index contributed by atoms with van der Waals surface area (Å²) in [5.74, 6) is -0.344. The first-order valence-electron chi connectivity index (χ1n) is 11.3. The summed E-state index contributed by atoms with van der Waals surface area (Å²) in [6.07, 6.45) is 1.92. The molecule has 2 aromatic carbocycles. The van der Waals surface area contributed by atoms with Gasteiger partial charge in [-0.1, -0.05) is 24.3 Å². The van der Waals surface area contributed by atoms with Crippen LogP contribution in [0.25, 0.3) is 0 Å². The maximum atomic E-state index is 13.1. The molecule has 2 amide bonds. The van der Waals surface area contributed by atoms with Crippen molar-refractivity contribution in [2.24, 2.45) is 0 Å². The lowest BCUT2D eigenvalue weighted by molar-refractivity contribution is -0.0189. The number of piperidine rings is 1. The molecule has 6 nitrogen and oxygen atoms in total. The predicted octanol–water partition coefficient (Wildman–Crippen LogP) is 4.36. The van der Waals surface area contributed by atoms with Gasteiger partial charge >= 0.3 is 6.03 Å². The number of hydrogen-bond donors (Lipinski definition) is 2. The highest BCUT2D eigenvalue weighted by Crippen LogP contribution is 2.34. The third-order valence-corrected chi connectivity index (χ3v) is 7.40. The van der Waals surface area contributed by atoms with Crippen molar-refractivity contribution in [3.8, 4) is 0 Å². The van der Waals surface area contributed by atoms with Crippen LogP contribution in [0.3, 0.4) is 0 Å². The fourth-order valence-electron chi connectivity index (χ4n) is 4.55. The standard InChI is InChI=1S/C25H27FN4O2S/c26-20-5-7-21(8-6-20)27-24(31)30-13-10-25(32,11-14-30)22-17-33-23(28-22)16-29-12-9-18-3-1-2-4-19(18)15-29/h1-8,17,32H,9-16H2,(H,27,31). The summed E-state index contributed by atoms with van der Waals surface area (Å²) in [4.78, 5) is 21.4. The highest BCUT2D eigenvalue weighted by Gasteiger charge is 2.37. The third-order valence-electron chi connectivity index (χ3n) is 6.57. The SMILES string of the molecule is O=C(Nc1ccc(F)cc1)N1CCC(O)(c2csc(CN3CCc4ccccc4C3)n2)CC1. The van der Waals surface area contributed by atoms with Crippen molar-refractivity contribution < 1.29 is 14.3 Å². The number of amides is 2. The normalized spacial score (nSPS) is 18.1. The summed E-state index contributed by atoms with van der Waals surface area (Å²) in [5.41, 5.74) is 3.05. The maximum absolute atomic E-state index is 13.1. The summed E-state index contributed by atoms with van der Waals surface area (Å²) in [7, 11) is 0. The number of urea groups is 1. The number of aliphatic hydroxyl groups is 1. The summed E-state index contributed by atoms with van der Waals surface area (Å²) >= 11 is 1.59. The minimum absolute atomic E-state index is 0.243. The molecule has 5 rings (SSSR count). The van der Waals surface area contributed by atoms with E-state index in [1.807, 2.05) is 5.38 Å². The monoisotopic (exact) mass is 466 g/mol. The number of halogens is 1. The summed E-state index contributed by atoms with van der Waals surface area (Å²) in [5, 5.41) is 17.0. The van der Waals surface area contributed by atoms with Crippen LogP contribution < -0.4 is 5.32 Å². The number of nitrogens with one attached hydrogen (secondary N) is 1. The number of fused-ring (bicyclic) bond motifs is 1. The van der Waals surface area contributed by atoms with E-state index in [2.05, 4.69) is 34.5 Å². The van der Waals surface area contributed by atoms with Gasteiger partial charge in [0.25, 0.3) is 0 Å². The number of anilines is 1. The number of benzene rings is 2. The lowest BCUT2D eigenvalue weighted by Crippen LogP contribution is -2.46. The molecule has 2 N–H and O–H groups in total. The molecule has 0 radical (unpaired) electrons. The number of carbonyl (C=O) groups is 1. The van der Waals surface area contributed by atoms with Crippen molar-refractivity contribution in [1.82, 2.24) is 14.8 Å². The molecule has 33 heavy (non-hydrogen) atoms. The van der Waals surface area contributed by atoms with Crippen molar-refractivity contribution in [3.63, 3.8) is 0 Å². The second-order valence-electron chi connectivity index (χ2n) is 8.81. The van der Waals surface area contributed by atoms with E-state index in [1.165, 1.54) is 35.4 Å². The lowest BCUT2D eigenvalue weighted by Gasteiger charge is -2.37. The second-order valence-corrected chi connectivity index (χ2v) is 9.75. The van der Waals surface area contributed by atoms with Crippen molar-refractivity contribution >= 4 is 23.1 Å². The molecule has 2 aliphatic heterocycles. The number of hydrogen-bond acceptors (Lipinski definition) is 5. The van der Waals surface area contributed by atoms with Crippen LogP contribution in [0.15, 0.2) is 53.9 Å². The van der Waals surface area contributed by atoms with Gasteiger partial charge in [0.2, 0.25) is 0 Å². The molecule has 8 heteroatoms. The van der Waals surface area contributed by atoms with Crippen molar-refractivity contribution in [1.29, 1.82) is 0 Å². The topological polar surface area (TPSA) is 68.7 Å². The zero-order chi connectivity index (χ0) is 22.8. The molecule has 3 aromatic rings. The Morgan fingerprint density at radius 3 is 2.58 bits per heavy atom. The predicted molar refractivity (Wildman–Crippen MR) is 126 cm³/mol. The van der Waals surface area contributed by atoms with Gasteiger partial charge in [0.15, 0.2) is 0 Å². The van der Waals surface area contributed by atoms with Crippen molar-refractivity contribution in [3.05, 3.63) is 81.6 Å². The van der Waals surface area contributed by atoms with E-state index in [4.69, 9.17) is 4.98 Å². The molecule has 0 atom stereocenters. The van der Waals surface area contributed by atoms with Gasteiger partial charge in [-0.25, -0.2) is 14.2 Å². The Labute approximate surface area is 196 Å². The fourth-order valence-corrected chi connectivity index (χ4v) is 5.48. The highest BCUT2D eigenvalue weighted by molar-refractivity contribution is 7.09. The van der Waals surface area contributed by atoms with Crippen LogP contribution in [0.1, 0.15) is 34.7 Å². The van der Waals surface area contributed by atoms with Gasteiger partial charge < -0.3 is 15.3 Å². The number of nitrogens with zero attached hydrogens (tertiary/aromatic N) is 3. The van der Waals surface area contributed by atoms with Crippen LogP contribution in [-0.4, -0.2) is 45.6 Å². The first-order chi connectivity index (χ1) is 16.0. The Balaban J connectivity index is 1.16. The molecule has 3 heterocycles. The molecular formula is C25H27FN4O2S. The van der Waals surface area contributed by atoms with Gasteiger partial charge in [-0.2, -0.15) is 0 Å². The summed E-state index contributed by atoms with van der Waals surface area (Å²) in [6.45, 7) is 3.57. The second kappa shape index (κ2) is 9.21. The Morgan fingerprint density at radius 1 is 1.09 bits per heavy atom. The van der Waals surface area contributed by atoms with Crippen LogP contribution >= 0.6 is 11.3 Å². The van der Waals surface area contributed by atoms with Gasteiger partial charge in [-0.05, 0) is 54.7 Å². The van der Waals surface area contributed by atoms with Gasteiger partial charge in [0, 0.05) is 37.2 Å². The zero-order valence-corrected chi connectivity index (χ0v) is 19.2. The number of rotatable bonds is 4. The van der Waals surface area contributed by atoms with E-state index in [9.17, 15) is 14.3 Å². The molecule has 0 bridgehead atoms. The first kappa shape index (κ1) is 22.0. The van der Waals surface area contributed by atoms with Gasteiger partial charge in [0.05, 0.1) is 12.2 Å². The lowest BCUT2D eigenvalue weighted by atomic mass is 9.89. The summed E-state index contributed by atoms with van der Waals surface area (Å²) < 4.78 is 13.1. The highest BCUT2D eigenvalue weighted by atomic mass is 32.1. The number of aromatic nitrogens is 1. The number of thiazole rings is 1. The van der Waals surface area contributed by atoms with Crippen molar-refractivity contribution in [2.75, 3.05) is 25.0 Å². The van der Waals surface area contributed by atoms with Crippen LogP contribution in [0, 0.1) is 5.82 Å². The van der Waals surface area contributed by atoms with Gasteiger partial charge in [-0.3, -0.25) is 4.90 Å². The zero-order valence-electron chi connectivity index (χ0n) is 18.3. The molecule has 1 fully saturated rings. The van der Waals surface area contributed by atoms with Gasteiger partial charge in [0.1, 0.15) is 16.4 Å². The number of likely N-dealkylation sites (tertiary alicyclic amines) is 1. The van der Waals surface area contributed by atoms with Crippen LogP contribution in [0.5, 0.6) is 0 Å². The van der Waals surface area contributed by atoms with E-state index in [-0.39, 0.29) is 11.8 Å². The Kier molecular flexibility index (Phi) is 6.14. The Morgan fingerprint density at radius 2 is 1.82 bits per heavy atom. The van der Waals surface area contributed by atoms with Crippen LogP contribution in [-0.2, 0) is 25.1 Å². The smallest absolute Gasteiger partial charge is 0.321 e. The van der Waals surface area contributed by atoms with Gasteiger partial charge in [-0.15, -0.1) is 11.3 Å². The fraction of sp³-hybridized carbons (Fsp3) is 0.360. The average Bonchev–Trinajstić information content (AvgIpc) is 3.30. The Bertz CT molecular complexity index is 1130. The minimum atomic E-state index is -1.02. The molecule has 0 unspecified atom stereocenters. The molecule has 1 saturated heterocycles. The van der Waals surface area contributed by atoms with E-state index >= 15 is 0 Å². The van der Waals surface area contributed by atoms with E-state index in [1.54, 1.807) is 16.2 Å². The molecule has 172 valence electrons. The van der Waals surface area contributed by atoms with E-state index < -0.39 is 5.60 Å². The molecular weight excluding hydrogens is 439 g/mol. The number of carbonyl (C=O) groups excluding carboxylic acids is 1. The summed E-state index contributed by atoms with van der Waals surface area (Å²) in [6, 6.07) is 14.0. The average molecular weight is 467 g/mol. The molecule has 1 aromatic heterocycles. The van der Waals surface area contributed by atoms with Crippen LogP contribution in [0.2, 0.25) is 0 Å². The van der Waals surface area contributed by atoms with Crippen LogP contribution in [0.4, 0.5) is 14.9 Å².